The monoisotopic (exact) mass is 289 g/mol. The molecule has 0 aliphatic heterocycles. The van der Waals surface area contributed by atoms with Crippen molar-refractivity contribution in [3.63, 3.8) is 0 Å². The van der Waals surface area contributed by atoms with Crippen LogP contribution in [0.1, 0.15) is 71.3 Å². The molecule has 0 spiro atoms. The fourth-order valence-electron chi connectivity index (χ4n) is 2.85. The molecule has 1 unspecified atom stereocenters. The second kappa shape index (κ2) is 10.8. The third-order valence-corrected chi connectivity index (χ3v) is 4.28. The molecule has 120 valence electrons. The van der Waals surface area contributed by atoms with Crippen molar-refractivity contribution >= 4 is 0 Å². The quantitative estimate of drug-likeness (QED) is 0.521. The van der Waals surface area contributed by atoms with Crippen molar-refractivity contribution in [2.45, 2.75) is 65.7 Å². The second-order valence-electron chi connectivity index (χ2n) is 7.06. The predicted molar refractivity (Wildman–Crippen MR) is 94.8 cm³/mol. The third kappa shape index (κ3) is 8.26. The minimum atomic E-state index is 0.632. The molecule has 1 aromatic carbocycles. The van der Waals surface area contributed by atoms with Crippen molar-refractivity contribution in [2.24, 2.45) is 11.8 Å². The van der Waals surface area contributed by atoms with Crippen LogP contribution < -0.4 is 5.32 Å². The summed E-state index contributed by atoms with van der Waals surface area (Å²) < 4.78 is 0. The molecule has 1 heteroatoms. The Kier molecular flexibility index (Phi) is 9.41. The molecule has 0 radical (unpaired) electrons. The van der Waals surface area contributed by atoms with Crippen LogP contribution in [0.2, 0.25) is 0 Å². The summed E-state index contributed by atoms with van der Waals surface area (Å²) in [7, 11) is 0. The lowest BCUT2D eigenvalue weighted by Crippen LogP contribution is -2.25. The van der Waals surface area contributed by atoms with Gasteiger partial charge in [-0.15, -0.1) is 0 Å². The fraction of sp³-hybridized carbons (Fsp3) is 0.700. The fourth-order valence-corrected chi connectivity index (χ4v) is 2.85. The smallest absolute Gasteiger partial charge is 0.00226 e. The summed E-state index contributed by atoms with van der Waals surface area (Å²) in [5.41, 5.74) is 1.47. The maximum atomic E-state index is 3.66. The Morgan fingerprint density at radius 3 is 2.14 bits per heavy atom. The zero-order chi connectivity index (χ0) is 15.5. The van der Waals surface area contributed by atoms with E-state index in [1.807, 2.05) is 0 Å². The molecule has 0 heterocycles. The minimum absolute atomic E-state index is 0.632. The summed E-state index contributed by atoms with van der Waals surface area (Å²) in [5.74, 6) is 2.18. The van der Waals surface area contributed by atoms with Crippen LogP contribution in [-0.2, 0) is 0 Å². The first-order chi connectivity index (χ1) is 10.1. The van der Waals surface area contributed by atoms with Gasteiger partial charge in [-0.2, -0.15) is 0 Å². The standard InChI is InChI=1S/C20H35N/c1-17(2)12-8-5-6-11-15-21-16-20(18(3)4)19-13-9-7-10-14-19/h7,9-10,13-14,17-18,20-21H,5-6,8,11-12,15-16H2,1-4H3. The van der Waals surface area contributed by atoms with Crippen LogP contribution in [-0.4, -0.2) is 13.1 Å². The molecule has 0 bridgehead atoms. The van der Waals surface area contributed by atoms with E-state index in [4.69, 9.17) is 0 Å². The average molecular weight is 290 g/mol. The van der Waals surface area contributed by atoms with Crippen molar-refractivity contribution < 1.29 is 0 Å². The molecule has 0 aliphatic rings. The number of hydrogen-bond acceptors (Lipinski definition) is 1. The average Bonchev–Trinajstić information content (AvgIpc) is 2.46. The SMILES string of the molecule is CC(C)CCCCCCNCC(c1ccccc1)C(C)C. The number of nitrogens with one attached hydrogen (secondary N) is 1. The van der Waals surface area contributed by atoms with Crippen molar-refractivity contribution in [1.82, 2.24) is 5.32 Å². The van der Waals surface area contributed by atoms with Crippen LogP contribution in [0.4, 0.5) is 0 Å². The van der Waals surface area contributed by atoms with E-state index in [1.54, 1.807) is 0 Å². The Morgan fingerprint density at radius 2 is 1.52 bits per heavy atom. The summed E-state index contributed by atoms with van der Waals surface area (Å²) in [6.07, 6.45) is 6.87. The lowest BCUT2D eigenvalue weighted by Gasteiger charge is -2.22. The Labute approximate surface area is 132 Å². The highest BCUT2D eigenvalue weighted by Gasteiger charge is 2.14. The molecule has 0 fully saturated rings. The molecule has 0 saturated carbocycles. The van der Waals surface area contributed by atoms with Crippen LogP contribution in [0.25, 0.3) is 0 Å². The topological polar surface area (TPSA) is 12.0 Å². The maximum Gasteiger partial charge on any atom is 0.00226 e. The zero-order valence-electron chi connectivity index (χ0n) is 14.6. The number of unbranched alkanes of at least 4 members (excludes halogenated alkanes) is 3. The van der Waals surface area contributed by atoms with Gasteiger partial charge in [0.05, 0.1) is 0 Å². The van der Waals surface area contributed by atoms with Crippen molar-refractivity contribution in [3.8, 4) is 0 Å². The van der Waals surface area contributed by atoms with E-state index in [1.165, 1.54) is 37.7 Å². The summed E-state index contributed by atoms with van der Waals surface area (Å²) in [5, 5.41) is 3.66. The van der Waals surface area contributed by atoms with Gasteiger partial charge in [0.25, 0.3) is 0 Å². The summed E-state index contributed by atoms with van der Waals surface area (Å²) in [6, 6.07) is 10.9. The Bertz CT molecular complexity index is 342. The van der Waals surface area contributed by atoms with E-state index >= 15 is 0 Å². The summed E-state index contributed by atoms with van der Waals surface area (Å²) in [4.78, 5) is 0. The molecule has 0 aromatic heterocycles. The molecule has 1 nitrogen and oxygen atoms in total. The van der Waals surface area contributed by atoms with Crippen molar-refractivity contribution in [1.29, 1.82) is 0 Å². The first-order valence-corrected chi connectivity index (χ1v) is 8.87. The largest absolute Gasteiger partial charge is 0.316 e. The van der Waals surface area contributed by atoms with E-state index in [-0.39, 0.29) is 0 Å². The highest BCUT2D eigenvalue weighted by Crippen LogP contribution is 2.23. The van der Waals surface area contributed by atoms with Gasteiger partial charge in [0.2, 0.25) is 0 Å². The molecule has 1 aromatic rings. The van der Waals surface area contributed by atoms with Gasteiger partial charge in [-0.05, 0) is 36.3 Å². The Morgan fingerprint density at radius 1 is 0.857 bits per heavy atom. The highest BCUT2D eigenvalue weighted by atomic mass is 14.9. The lowest BCUT2D eigenvalue weighted by atomic mass is 9.88. The van der Waals surface area contributed by atoms with E-state index < -0.39 is 0 Å². The van der Waals surface area contributed by atoms with Crippen molar-refractivity contribution in [3.05, 3.63) is 35.9 Å². The molecular formula is C20H35N. The van der Waals surface area contributed by atoms with Gasteiger partial charge in [0.1, 0.15) is 0 Å². The minimum Gasteiger partial charge on any atom is -0.316 e. The summed E-state index contributed by atoms with van der Waals surface area (Å²) >= 11 is 0. The van der Waals surface area contributed by atoms with Crippen LogP contribution in [0.5, 0.6) is 0 Å². The first kappa shape index (κ1) is 18.2. The van der Waals surface area contributed by atoms with Crippen LogP contribution >= 0.6 is 0 Å². The van der Waals surface area contributed by atoms with E-state index in [9.17, 15) is 0 Å². The van der Waals surface area contributed by atoms with Gasteiger partial charge in [0, 0.05) is 6.54 Å². The lowest BCUT2D eigenvalue weighted by molar-refractivity contribution is 0.453. The van der Waals surface area contributed by atoms with E-state index in [2.05, 4.69) is 63.3 Å². The predicted octanol–water partition coefficient (Wildman–Crippen LogP) is 5.62. The maximum absolute atomic E-state index is 3.66. The van der Waals surface area contributed by atoms with E-state index in [0.717, 1.165) is 19.0 Å². The molecule has 0 amide bonds. The van der Waals surface area contributed by atoms with Crippen molar-refractivity contribution in [2.75, 3.05) is 13.1 Å². The van der Waals surface area contributed by atoms with Gasteiger partial charge < -0.3 is 5.32 Å². The zero-order valence-corrected chi connectivity index (χ0v) is 14.6. The Balaban J connectivity index is 2.15. The van der Waals surface area contributed by atoms with Gasteiger partial charge in [-0.1, -0.05) is 83.7 Å². The molecular weight excluding hydrogens is 254 g/mol. The molecule has 1 rings (SSSR count). The molecule has 0 saturated heterocycles. The molecule has 1 atom stereocenters. The third-order valence-electron chi connectivity index (χ3n) is 4.28. The first-order valence-electron chi connectivity index (χ1n) is 8.87. The molecule has 0 aliphatic carbocycles. The van der Waals surface area contributed by atoms with Gasteiger partial charge >= 0.3 is 0 Å². The van der Waals surface area contributed by atoms with E-state index in [0.29, 0.717) is 11.8 Å². The number of hydrogen-bond donors (Lipinski definition) is 1. The van der Waals surface area contributed by atoms with Crippen LogP contribution in [0.15, 0.2) is 30.3 Å². The molecule has 21 heavy (non-hydrogen) atoms. The van der Waals surface area contributed by atoms with Gasteiger partial charge in [-0.25, -0.2) is 0 Å². The van der Waals surface area contributed by atoms with Gasteiger partial charge in [0.15, 0.2) is 0 Å². The van der Waals surface area contributed by atoms with Gasteiger partial charge in [-0.3, -0.25) is 0 Å². The highest BCUT2D eigenvalue weighted by molar-refractivity contribution is 5.20. The number of benzene rings is 1. The second-order valence-corrected chi connectivity index (χ2v) is 7.06. The van der Waals surface area contributed by atoms with Crippen LogP contribution in [0.3, 0.4) is 0 Å². The van der Waals surface area contributed by atoms with Crippen LogP contribution in [0, 0.1) is 11.8 Å². The summed E-state index contributed by atoms with van der Waals surface area (Å²) in [6.45, 7) is 11.6. The normalized spacial score (nSPS) is 13.0. The number of rotatable bonds is 11. The molecule has 1 N–H and O–H groups in total. The Hall–Kier alpha value is -0.820.